The van der Waals surface area contributed by atoms with Crippen molar-refractivity contribution in [3.63, 3.8) is 0 Å². The number of para-hydroxylation sites is 1. The van der Waals surface area contributed by atoms with Gasteiger partial charge in [0.25, 0.3) is 5.91 Å². The summed E-state index contributed by atoms with van der Waals surface area (Å²) >= 11 is 0. The molecule has 3 aromatic carbocycles. The van der Waals surface area contributed by atoms with Crippen LogP contribution >= 0.6 is 21.6 Å². The first-order valence-corrected chi connectivity index (χ1v) is 45.6. The summed E-state index contributed by atoms with van der Waals surface area (Å²) < 4.78 is 17.8. The summed E-state index contributed by atoms with van der Waals surface area (Å²) in [5.74, 6) is -18.6. The largest absolute Gasteiger partial charge is 0.497 e. The molecule has 49 heteroatoms. The number of aliphatic imine (C=N–C) groups is 5. The molecule has 8 heterocycles. The number of piperidine rings is 1. The third-order valence-corrected chi connectivity index (χ3v) is 27.9. The zero-order valence-corrected chi connectivity index (χ0v) is 75.6. The van der Waals surface area contributed by atoms with E-state index in [1.165, 1.54) is 44.7 Å². The molecule has 5 aliphatic heterocycles. The van der Waals surface area contributed by atoms with Crippen molar-refractivity contribution in [3.8, 4) is 11.6 Å². The first kappa shape index (κ1) is 100. The minimum absolute atomic E-state index is 0.0119. The van der Waals surface area contributed by atoms with Crippen LogP contribution in [0.1, 0.15) is 129 Å². The number of H-pyrrole nitrogens is 2. The van der Waals surface area contributed by atoms with Crippen LogP contribution in [0.25, 0.3) is 22.1 Å². The molecule has 6 aliphatic rings. The van der Waals surface area contributed by atoms with Gasteiger partial charge in [-0.15, -0.1) is 5.10 Å². The van der Waals surface area contributed by atoms with Gasteiger partial charge in [0.05, 0.1) is 63.6 Å². The molecule has 25 N–H and O–H groups in total. The Morgan fingerprint density at radius 2 is 1.41 bits per heavy atom. The van der Waals surface area contributed by atoms with E-state index in [0.717, 1.165) is 38.1 Å². The Hall–Kier alpha value is -13.5. The molecule has 47 nitrogen and oxygen atoms in total. The Kier molecular flexibility index (Phi) is 31.6. The normalized spacial score (nSPS) is 25.0. The number of nitrogens with zero attached hydrogens (tertiary/aromatic N) is 13. The maximum Gasteiger partial charge on any atom is 0.405 e. The molecule has 3 aromatic heterocycles. The van der Waals surface area contributed by atoms with Gasteiger partial charge in [-0.05, 0) is 118 Å². The standard InChI is InChI=1S/C86H109N21O26S2/c1-6-82(129)35-42-36-85(78(127)132-5,64-47(21-26-106(39-42)41-82)46-12-8-9-13-50(46)95-64)49-30-48-57(34-58(49)131-4)105(3)75-84(48)23-27-107-25-11-22-83(7-2,74(84)107)76(125)86(75,130)77(126)103-104-81(128)133-28-29-134-135-40-56(73(123)124)100-70(119)55(33-62(113)114)99-69(118)54(32-61(111)112)98-67(116)51(14-10-24-90-79(87)88)96-68(117)53(31-60(109)110)94-59(108)20-19-52(72(121)122)97-66(115)43-15-17-44(18-16-43)91-37-45-38-92-65-63(93-45)71(120)102-80(89)101-65/h8-9,11-13,15-18,22,30,34,38,42,51-56,74-76,91,95,125,129-130H,6-7,10,14,19-21,23-29,31-33,35-37,39-41H2,1-5H3,(H,94,108)(H,96,117)(H,97,115)(H,98,116)(H,99,118)(H,100,119)(H,103,126)(H,104,128)(H,109,110)(H,111,112)(H,113,114)(H,121,122)(H,123,124)(H4,87,88,90)(H3,89,92,101,102,120)/t42-,51+,52+,53+,54+,55+,56+,74+,75-,76-,82+,83-,84-,85+,86+/m1/s1. The monoisotopic (exact) mass is 1920 g/mol. The van der Waals surface area contributed by atoms with Crippen LogP contribution in [0.5, 0.6) is 11.6 Å². The summed E-state index contributed by atoms with van der Waals surface area (Å²) in [4.78, 5) is 134. The van der Waals surface area contributed by atoms with E-state index < -0.39 is 221 Å². The molecule has 12 rings (SSSR count). The van der Waals surface area contributed by atoms with Crippen molar-refractivity contribution < 1.29 is 129 Å². The van der Waals surface area contributed by atoms with E-state index in [9.17, 15) is 110 Å². The van der Waals surface area contributed by atoms with E-state index in [0.29, 0.717) is 98.0 Å². The van der Waals surface area contributed by atoms with E-state index in [1.54, 1.807) is 11.9 Å². The number of aromatic hydroxyl groups is 1. The van der Waals surface area contributed by atoms with Crippen molar-refractivity contribution in [2.75, 3.05) is 88.9 Å². The van der Waals surface area contributed by atoms with Crippen LogP contribution in [0.4, 0.5) is 11.4 Å². The number of aliphatic hydroxyl groups is 10. The lowest BCUT2D eigenvalue weighted by atomic mass is 9.47. The van der Waals surface area contributed by atoms with Gasteiger partial charge in [-0.3, -0.25) is 44.6 Å². The zero-order valence-electron chi connectivity index (χ0n) is 74.0. The summed E-state index contributed by atoms with van der Waals surface area (Å²) in [6.45, 7) is 5.94. The minimum Gasteiger partial charge on any atom is -0.497 e. The van der Waals surface area contributed by atoms with Gasteiger partial charge in [0.2, 0.25) is 41.0 Å². The average Bonchev–Trinajstić information content (AvgIpc) is 1.48. The molecule has 1 spiro atoms. The van der Waals surface area contributed by atoms with Gasteiger partial charge in [0, 0.05) is 120 Å². The molecule has 135 heavy (non-hydrogen) atoms. The highest BCUT2D eigenvalue weighted by Crippen LogP contribution is 2.68. The number of benzene rings is 3. The molecule has 726 valence electrons. The summed E-state index contributed by atoms with van der Waals surface area (Å²) in [5, 5.41) is 211. The number of aliphatic hydroxyl groups excluding tert-OH is 8. The number of carboxylic acids is 5. The quantitative estimate of drug-likeness (QED) is 0.00490. The third-order valence-electron chi connectivity index (χ3n) is 25.5. The molecule has 6 aromatic rings. The second-order valence-corrected chi connectivity index (χ2v) is 36.5. The number of esters is 1. The fourth-order valence-corrected chi connectivity index (χ4v) is 21.5. The first-order chi connectivity index (χ1) is 64.2. The van der Waals surface area contributed by atoms with Crippen LogP contribution in [-0.4, -0.2) is 350 Å². The van der Waals surface area contributed by atoms with Crippen molar-refractivity contribution >= 4 is 144 Å². The van der Waals surface area contributed by atoms with Crippen LogP contribution in [0, 0.1) is 22.2 Å². The number of carbonyl (C=O) groups excluding carboxylic acids is 2. The molecule has 2 bridgehead atoms. The topological polar surface area (TPSA) is 747 Å². The number of hydrogen-bond acceptors (Lipinski definition) is 32. The number of hydrogen-bond donors (Lipinski definition) is 24. The maximum atomic E-state index is 15.7. The molecular formula is C86H109N21O26S2. The van der Waals surface area contributed by atoms with Crippen molar-refractivity contribution in [3.05, 3.63) is 118 Å². The number of nitrogens with one attached hydrogen (secondary N) is 7. The van der Waals surface area contributed by atoms with Gasteiger partial charge in [0.1, 0.15) is 54.1 Å². The van der Waals surface area contributed by atoms with E-state index >= 15 is 4.79 Å². The predicted molar refractivity (Wildman–Crippen MR) is 494 cm³/mol. The smallest absolute Gasteiger partial charge is 0.405 e. The van der Waals surface area contributed by atoms with Crippen LogP contribution in [0.3, 0.4) is 0 Å². The lowest BCUT2D eigenvalue weighted by Gasteiger charge is -2.63. The number of nitrogens with two attached hydrogens (primary N) is 1. The Labute approximate surface area is 777 Å². The summed E-state index contributed by atoms with van der Waals surface area (Å²) in [7, 11) is 6.32. The number of ether oxygens (including phenoxy) is 3. The second kappa shape index (κ2) is 42.4. The third kappa shape index (κ3) is 21.5. The highest BCUT2D eigenvalue weighted by molar-refractivity contribution is 8.76. The number of aromatic nitrogens is 5. The van der Waals surface area contributed by atoms with Crippen LogP contribution in [0.15, 0.2) is 114 Å². The number of fused-ring (bicyclic) bond motifs is 7. The number of anilines is 2. The summed E-state index contributed by atoms with van der Waals surface area (Å²) in [6.07, 6.45) is -1.09. The van der Waals surface area contributed by atoms with Gasteiger partial charge in [-0.2, -0.15) is 4.98 Å². The molecule has 16 atom stereocenters. The lowest BCUT2D eigenvalue weighted by Crippen LogP contribution is -2.80. The molecule has 2 saturated heterocycles. The van der Waals surface area contributed by atoms with Gasteiger partial charge < -0.3 is 132 Å². The van der Waals surface area contributed by atoms with Crippen LogP contribution in [0.2, 0.25) is 0 Å². The van der Waals surface area contributed by atoms with E-state index in [1.807, 2.05) is 62.4 Å². The average molecular weight is 1920 g/mol. The van der Waals surface area contributed by atoms with Gasteiger partial charge in [-0.1, -0.05) is 70.9 Å². The van der Waals surface area contributed by atoms with Gasteiger partial charge >= 0.3 is 41.9 Å². The minimum atomic E-state index is -2.70. The molecule has 3 fully saturated rings. The molecule has 0 radical (unpaired) electrons. The van der Waals surface area contributed by atoms with Crippen molar-refractivity contribution in [1.82, 2.24) is 45.4 Å². The number of carboxylic acid groups (broad SMARTS) is 5. The van der Waals surface area contributed by atoms with Crippen molar-refractivity contribution in [2.45, 2.75) is 180 Å². The summed E-state index contributed by atoms with van der Waals surface area (Å²) in [5.41, 5.74) is 2.19. The highest BCUT2D eigenvalue weighted by atomic mass is 33.1. The zero-order chi connectivity index (χ0) is 97.9. The van der Waals surface area contributed by atoms with Crippen LogP contribution in [-0.2, 0) is 62.0 Å². The number of aliphatic carboxylic acids is 5. The molecule has 1 unspecified atom stereocenters. The number of amides is 1. The fraction of sp³-hybridized carbons (Fsp3) is 0.500. The van der Waals surface area contributed by atoms with Crippen molar-refractivity contribution in [1.29, 1.82) is 10.8 Å². The Bertz CT molecular complexity index is 5820. The molecule has 1 aliphatic carbocycles. The van der Waals surface area contributed by atoms with E-state index in [-0.39, 0.29) is 73.0 Å². The number of guanidine groups is 1. The lowest BCUT2D eigenvalue weighted by molar-refractivity contribution is -0.172. The SMILES string of the molecule is CC[C@]1(O)C[C@H]2CN(CCc3c([nH]c4ccccc34)[C@@](C(=O)OC)(c3cc4c(cc3OC)N(C)[C@H]3[C@@](O)(C(O)=NN=C(O)OCCSSC[C@H](N=C(O)[C@H](CC(=O)O)N=C(O)[C@H](CC(=O)O)N=C(O)[C@H](CCCNC(=N)N)N=C(O)[C@H](CC(=O)O)N=C(O)CC[C@H](NC(=O)c5ccc(NCc6cnc7[nH]c(=N)nc(O)c7n6)cc5)C(=O)O)C(=O)O)[C@H](O)[C@]5(CC)C=CCN6CC[C@]43[C@@H]65)C2)C1. The van der Waals surface area contributed by atoms with E-state index in [2.05, 4.69) is 85.8 Å². The Morgan fingerprint density at radius 3 is 2.05 bits per heavy atom. The Morgan fingerprint density at radius 1 is 0.756 bits per heavy atom. The first-order valence-electron chi connectivity index (χ1n) is 43.2. The molecule has 1 saturated carbocycles. The van der Waals surface area contributed by atoms with Gasteiger partial charge in [-0.25, -0.2) is 44.5 Å². The maximum absolute atomic E-state index is 15.7. The second-order valence-electron chi connectivity index (χ2n) is 33.9. The van der Waals surface area contributed by atoms with Crippen LogP contribution < -0.4 is 36.9 Å². The van der Waals surface area contributed by atoms with Gasteiger partial charge in [0.15, 0.2) is 34.7 Å². The van der Waals surface area contributed by atoms with E-state index in [4.69, 9.17) is 30.8 Å². The predicted octanol–water partition coefficient (Wildman–Crippen LogP) is 3.95. The summed E-state index contributed by atoms with van der Waals surface area (Å²) in [6, 6.07) is 3.59. The fourth-order valence-electron chi connectivity index (χ4n) is 19.6. The number of methoxy groups -OCH3 is 2. The molecule has 1 amide bonds. The van der Waals surface area contributed by atoms with Crippen molar-refractivity contribution in [2.24, 2.45) is 52.2 Å². The highest BCUT2D eigenvalue weighted by Gasteiger charge is 2.79. The molecular weight excluding hydrogens is 1810 g/mol. The number of rotatable bonds is 42. The number of carbonyl (C=O) groups is 7. The number of aromatic amines is 2. The Balaban J connectivity index is 0.716. The number of likely N-dealkylation sites (N-methyl/N-ethyl adjacent to an activating group) is 1.